The average molecular weight is 428 g/mol. The molecule has 5 heteroatoms. The molecule has 0 aromatic carbocycles. The summed E-state index contributed by atoms with van der Waals surface area (Å²) in [6.45, 7) is 10.7. The molecule has 4 rings (SSSR count). The summed E-state index contributed by atoms with van der Waals surface area (Å²) in [5, 5.41) is 13.1. The van der Waals surface area contributed by atoms with E-state index in [0.717, 1.165) is 44.0 Å². The molecule has 5 atom stereocenters. The number of quaternary nitrogens is 1. The van der Waals surface area contributed by atoms with Gasteiger partial charge in [-0.15, -0.1) is 0 Å². The van der Waals surface area contributed by atoms with E-state index < -0.39 is 0 Å². The third-order valence-corrected chi connectivity index (χ3v) is 8.98. The molecule has 4 aliphatic rings. The highest BCUT2D eigenvalue weighted by molar-refractivity contribution is 5.92. The van der Waals surface area contributed by atoms with Crippen LogP contribution in [0.4, 0.5) is 0 Å². The molecular formula is C26H37NO4. The van der Waals surface area contributed by atoms with Gasteiger partial charge in [0.2, 0.25) is 0 Å². The number of fused-ring (bicyclic) bond motifs is 4. The van der Waals surface area contributed by atoms with Crippen molar-refractivity contribution in [2.45, 2.75) is 98.1 Å². The van der Waals surface area contributed by atoms with Crippen molar-refractivity contribution in [2.75, 3.05) is 0 Å². The smallest absolute Gasteiger partial charge is 0.155 e. The Morgan fingerprint density at radius 1 is 1.26 bits per heavy atom. The largest absolute Gasteiger partial charge is 0.599 e. The minimum Gasteiger partial charge on any atom is -0.599 e. The summed E-state index contributed by atoms with van der Waals surface area (Å²) < 4.78 is 0. The Bertz CT molecular complexity index is 884. The number of carbonyl (C=O) groups is 2. The molecule has 0 heterocycles. The van der Waals surface area contributed by atoms with Crippen LogP contribution in [-0.4, -0.2) is 24.2 Å². The van der Waals surface area contributed by atoms with Crippen LogP contribution in [0.2, 0.25) is 0 Å². The molecule has 0 radical (unpaired) electrons. The number of hydrogen-bond acceptors (Lipinski definition) is 4. The molecular weight excluding hydrogens is 390 g/mol. The highest BCUT2D eigenvalue weighted by Gasteiger charge is 2.57. The topological polar surface area (TPSA) is 70.9 Å². The number of rotatable bonds is 6. The molecule has 0 aliphatic heterocycles. The van der Waals surface area contributed by atoms with Crippen LogP contribution in [0.1, 0.15) is 86.0 Å². The van der Waals surface area contributed by atoms with E-state index in [1.54, 1.807) is 0 Å². The maximum atomic E-state index is 13.3. The lowest BCUT2D eigenvalue weighted by molar-refractivity contribution is -1.07. The minimum absolute atomic E-state index is 0.0217. The third kappa shape index (κ3) is 3.40. The van der Waals surface area contributed by atoms with Crippen molar-refractivity contribution in [2.24, 2.45) is 16.2 Å². The molecule has 0 bridgehead atoms. The number of ketones is 1. The zero-order valence-corrected chi connectivity index (χ0v) is 19.7. The van der Waals surface area contributed by atoms with Crippen molar-refractivity contribution in [3.8, 4) is 0 Å². The van der Waals surface area contributed by atoms with Crippen molar-refractivity contribution >= 4 is 12.1 Å². The standard InChI is InChI=1S/C26H37NO4/c1-17(2)31-27(30)22-16-18-15-19(29)7-12-25(18,4)20-9-13-26(5)21(23(20)22)8-11-24(26,3)10-6-14-28/h8,14-15,17,22,27H,6-7,9-13,16H2,1-5H3/t22?,24-,25?,26?/m1/s1. The van der Waals surface area contributed by atoms with Crippen LogP contribution in [0.15, 0.2) is 34.4 Å². The van der Waals surface area contributed by atoms with Crippen LogP contribution < -0.4 is 5.23 Å². The van der Waals surface area contributed by atoms with Gasteiger partial charge < -0.3 is 10.0 Å². The van der Waals surface area contributed by atoms with E-state index in [1.165, 1.54) is 16.7 Å². The minimum atomic E-state index is -0.345. The molecule has 0 spiro atoms. The van der Waals surface area contributed by atoms with Gasteiger partial charge in [0.05, 0.1) is 0 Å². The summed E-state index contributed by atoms with van der Waals surface area (Å²) in [6.07, 6.45) is 11.3. The lowest BCUT2D eigenvalue weighted by atomic mass is 9.51. The third-order valence-electron chi connectivity index (χ3n) is 8.98. The van der Waals surface area contributed by atoms with Gasteiger partial charge in [0.1, 0.15) is 18.4 Å². The molecule has 0 saturated heterocycles. The Morgan fingerprint density at radius 3 is 2.68 bits per heavy atom. The van der Waals surface area contributed by atoms with Crippen molar-refractivity contribution in [3.63, 3.8) is 0 Å². The second-order valence-electron chi connectivity index (χ2n) is 11.0. The molecule has 4 aliphatic carbocycles. The molecule has 4 unspecified atom stereocenters. The second-order valence-corrected chi connectivity index (χ2v) is 11.0. The first-order valence-electron chi connectivity index (χ1n) is 11.9. The van der Waals surface area contributed by atoms with Crippen LogP contribution in [0, 0.1) is 21.5 Å². The molecule has 170 valence electrons. The Kier molecular flexibility index (Phi) is 5.68. The van der Waals surface area contributed by atoms with Gasteiger partial charge in [-0.3, -0.25) is 4.79 Å². The van der Waals surface area contributed by atoms with Crippen LogP contribution in [-0.2, 0) is 14.4 Å². The van der Waals surface area contributed by atoms with E-state index in [-0.39, 0.29) is 39.4 Å². The predicted octanol–water partition coefficient (Wildman–Crippen LogP) is 4.19. The van der Waals surface area contributed by atoms with Gasteiger partial charge in [0, 0.05) is 30.3 Å². The first kappa shape index (κ1) is 22.6. The van der Waals surface area contributed by atoms with Crippen LogP contribution in [0.3, 0.4) is 0 Å². The summed E-state index contributed by atoms with van der Waals surface area (Å²) in [5.74, 6) is 0.176. The van der Waals surface area contributed by atoms with E-state index in [2.05, 4.69) is 26.8 Å². The van der Waals surface area contributed by atoms with E-state index in [0.29, 0.717) is 19.3 Å². The monoisotopic (exact) mass is 427 g/mol. The van der Waals surface area contributed by atoms with Crippen LogP contribution >= 0.6 is 0 Å². The van der Waals surface area contributed by atoms with Crippen LogP contribution in [0.25, 0.3) is 0 Å². The van der Waals surface area contributed by atoms with Gasteiger partial charge in [-0.05, 0) is 68.4 Å². The molecule has 31 heavy (non-hydrogen) atoms. The van der Waals surface area contributed by atoms with Gasteiger partial charge >= 0.3 is 0 Å². The SMILES string of the molecule is CC(C)O[NH+]([O-])C1CC2=CC(=O)CCC2(C)C2=C1C1=CC[C@@](C)(CCC=O)C1(C)CC2. The zero-order chi connectivity index (χ0) is 22.6. The fraction of sp³-hybridized carbons (Fsp3) is 0.692. The van der Waals surface area contributed by atoms with Crippen molar-refractivity contribution < 1.29 is 19.7 Å². The highest BCUT2D eigenvalue weighted by Crippen LogP contribution is 2.66. The number of hydroxylamine groups is 2. The molecule has 5 nitrogen and oxygen atoms in total. The summed E-state index contributed by atoms with van der Waals surface area (Å²) >= 11 is 0. The van der Waals surface area contributed by atoms with Gasteiger partial charge in [-0.2, -0.15) is 0 Å². The molecule has 1 N–H and O–H groups in total. The molecule has 0 saturated carbocycles. The average Bonchev–Trinajstić information content (AvgIpc) is 2.97. The highest BCUT2D eigenvalue weighted by atomic mass is 16.9. The number of aldehydes is 1. The Morgan fingerprint density at radius 2 is 2.00 bits per heavy atom. The summed E-state index contributed by atoms with van der Waals surface area (Å²) in [7, 11) is 0. The predicted molar refractivity (Wildman–Crippen MR) is 120 cm³/mol. The summed E-state index contributed by atoms with van der Waals surface area (Å²) in [4.78, 5) is 29.1. The van der Waals surface area contributed by atoms with Gasteiger partial charge in [-0.1, -0.05) is 38.0 Å². The number of nitrogens with one attached hydrogen (secondary N) is 1. The zero-order valence-electron chi connectivity index (χ0n) is 19.7. The first-order valence-corrected chi connectivity index (χ1v) is 11.9. The van der Waals surface area contributed by atoms with E-state index in [1.807, 2.05) is 19.9 Å². The van der Waals surface area contributed by atoms with Crippen LogP contribution in [0.5, 0.6) is 0 Å². The molecule has 0 fully saturated rings. The fourth-order valence-electron chi connectivity index (χ4n) is 6.77. The van der Waals surface area contributed by atoms with Crippen molar-refractivity contribution in [1.82, 2.24) is 0 Å². The number of carbonyl (C=O) groups excluding carboxylic acids is 2. The Labute approximate surface area is 186 Å². The Hall–Kier alpha value is -1.56. The van der Waals surface area contributed by atoms with Gasteiger partial charge in [-0.25, -0.2) is 10.1 Å². The normalized spacial score (nSPS) is 38.3. The van der Waals surface area contributed by atoms with Gasteiger partial charge in [0.15, 0.2) is 5.78 Å². The maximum absolute atomic E-state index is 13.3. The quantitative estimate of drug-likeness (QED) is 0.510. The summed E-state index contributed by atoms with van der Waals surface area (Å²) in [6, 6.07) is -0.345. The van der Waals surface area contributed by atoms with Gasteiger partial charge in [0.25, 0.3) is 0 Å². The lowest BCUT2D eigenvalue weighted by Crippen LogP contribution is -3.11. The number of hydrogen-bond donors (Lipinski definition) is 1. The molecule has 0 aromatic rings. The van der Waals surface area contributed by atoms with E-state index in [4.69, 9.17) is 4.84 Å². The second kappa shape index (κ2) is 7.79. The van der Waals surface area contributed by atoms with Crippen molar-refractivity contribution in [3.05, 3.63) is 39.7 Å². The molecule has 0 amide bonds. The molecule has 0 aromatic heterocycles. The Balaban J connectivity index is 1.83. The number of allylic oxidation sites excluding steroid dienone is 3. The van der Waals surface area contributed by atoms with Crippen molar-refractivity contribution in [1.29, 1.82) is 0 Å². The summed E-state index contributed by atoms with van der Waals surface area (Å²) in [5.41, 5.74) is 4.81. The fourth-order valence-corrected chi connectivity index (χ4v) is 6.77. The first-order chi connectivity index (χ1) is 14.6. The maximum Gasteiger partial charge on any atom is 0.155 e. The lowest BCUT2D eigenvalue weighted by Gasteiger charge is -2.54. The van der Waals surface area contributed by atoms with E-state index >= 15 is 0 Å². The van der Waals surface area contributed by atoms with E-state index in [9.17, 15) is 14.8 Å².